The van der Waals surface area contributed by atoms with Crippen molar-refractivity contribution in [2.75, 3.05) is 19.6 Å². The summed E-state index contributed by atoms with van der Waals surface area (Å²) >= 11 is 0. The van der Waals surface area contributed by atoms with Crippen molar-refractivity contribution in [3.63, 3.8) is 0 Å². The van der Waals surface area contributed by atoms with E-state index < -0.39 is 0 Å². The van der Waals surface area contributed by atoms with E-state index in [0.717, 1.165) is 25.2 Å². The van der Waals surface area contributed by atoms with Gasteiger partial charge in [-0.15, -0.1) is 0 Å². The van der Waals surface area contributed by atoms with Crippen molar-refractivity contribution in [2.24, 2.45) is 0 Å². The standard InChI is InChI=1S/C15H21FN2O/c16-14-6-4-13(5-7-14)12-17-15(19)8-11-18-9-2-1-3-10-18/h4-7H,1-3,8-12H2,(H,17,19). The highest BCUT2D eigenvalue weighted by atomic mass is 19.1. The first-order valence-electron chi connectivity index (χ1n) is 6.97. The van der Waals surface area contributed by atoms with Crippen molar-refractivity contribution < 1.29 is 9.18 Å². The van der Waals surface area contributed by atoms with Crippen LogP contribution in [0.1, 0.15) is 31.2 Å². The van der Waals surface area contributed by atoms with Crippen LogP contribution in [0.15, 0.2) is 24.3 Å². The lowest BCUT2D eigenvalue weighted by Crippen LogP contribution is -2.34. The highest BCUT2D eigenvalue weighted by Gasteiger charge is 2.11. The molecule has 1 amide bonds. The van der Waals surface area contributed by atoms with Gasteiger partial charge in [0.2, 0.25) is 5.91 Å². The molecule has 0 atom stereocenters. The zero-order chi connectivity index (χ0) is 13.5. The summed E-state index contributed by atoms with van der Waals surface area (Å²) in [4.78, 5) is 14.1. The van der Waals surface area contributed by atoms with E-state index in [1.54, 1.807) is 12.1 Å². The number of piperidine rings is 1. The van der Waals surface area contributed by atoms with E-state index in [9.17, 15) is 9.18 Å². The lowest BCUT2D eigenvalue weighted by Gasteiger charge is -2.25. The van der Waals surface area contributed by atoms with E-state index in [4.69, 9.17) is 0 Å². The number of carbonyl (C=O) groups is 1. The molecule has 0 aliphatic carbocycles. The molecule has 3 nitrogen and oxygen atoms in total. The molecule has 104 valence electrons. The van der Waals surface area contributed by atoms with Crippen LogP contribution >= 0.6 is 0 Å². The van der Waals surface area contributed by atoms with Gasteiger partial charge < -0.3 is 10.2 Å². The number of amides is 1. The fourth-order valence-corrected chi connectivity index (χ4v) is 2.33. The van der Waals surface area contributed by atoms with Gasteiger partial charge in [-0.3, -0.25) is 4.79 Å². The third kappa shape index (κ3) is 4.99. The molecular formula is C15H21FN2O. The fraction of sp³-hybridized carbons (Fsp3) is 0.533. The highest BCUT2D eigenvalue weighted by molar-refractivity contribution is 5.76. The minimum atomic E-state index is -0.250. The van der Waals surface area contributed by atoms with Gasteiger partial charge in [0.25, 0.3) is 0 Å². The molecule has 1 aromatic carbocycles. The smallest absolute Gasteiger partial charge is 0.221 e. The van der Waals surface area contributed by atoms with Crippen LogP contribution in [0, 0.1) is 5.82 Å². The van der Waals surface area contributed by atoms with Crippen molar-refractivity contribution in [3.05, 3.63) is 35.6 Å². The van der Waals surface area contributed by atoms with E-state index in [1.807, 2.05) is 0 Å². The first-order valence-corrected chi connectivity index (χ1v) is 6.97. The van der Waals surface area contributed by atoms with Crippen LogP contribution in [-0.2, 0) is 11.3 Å². The maximum atomic E-state index is 12.7. The molecule has 0 aromatic heterocycles. The zero-order valence-corrected chi connectivity index (χ0v) is 11.2. The quantitative estimate of drug-likeness (QED) is 0.885. The molecule has 0 radical (unpaired) electrons. The SMILES string of the molecule is O=C(CCN1CCCCC1)NCc1ccc(F)cc1. The maximum Gasteiger partial charge on any atom is 0.221 e. The Labute approximate surface area is 113 Å². The summed E-state index contributed by atoms with van der Waals surface area (Å²) in [5.41, 5.74) is 0.924. The summed E-state index contributed by atoms with van der Waals surface area (Å²) in [5, 5.41) is 2.87. The molecule has 1 heterocycles. The van der Waals surface area contributed by atoms with Crippen LogP contribution < -0.4 is 5.32 Å². The molecule has 0 bridgehead atoms. The van der Waals surface area contributed by atoms with Gasteiger partial charge in [0.05, 0.1) is 0 Å². The third-order valence-electron chi connectivity index (χ3n) is 3.51. The Morgan fingerprint density at radius 3 is 2.53 bits per heavy atom. The molecule has 0 unspecified atom stereocenters. The summed E-state index contributed by atoms with van der Waals surface area (Å²) in [7, 11) is 0. The van der Waals surface area contributed by atoms with Gasteiger partial charge in [0.1, 0.15) is 5.82 Å². The molecule has 0 spiro atoms. The minimum absolute atomic E-state index is 0.0647. The van der Waals surface area contributed by atoms with Gasteiger partial charge in [-0.1, -0.05) is 18.6 Å². The number of nitrogens with one attached hydrogen (secondary N) is 1. The molecule has 2 rings (SSSR count). The molecule has 0 saturated carbocycles. The number of hydrogen-bond donors (Lipinski definition) is 1. The first-order chi connectivity index (χ1) is 9.24. The van der Waals surface area contributed by atoms with Crippen LogP contribution in [0.4, 0.5) is 4.39 Å². The number of hydrogen-bond acceptors (Lipinski definition) is 2. The Balaban J connectivity index is 1.65. The molecule has 19 heavy (non-hydrogen) atoms. The predicted molar refractivity (Wildman–Crippen MR) is 73.2 cm³/mol. The van der Waals surface area contributed by atoms with Crippen molar-refractivity contribution in [1.29, 1.82) is 0 Å². The molecule has 1 aliphatic rings. The van der Waals surface area contributed by atoms with E-state index in [1.165, 1.54) is 31.4 Å². The van der Waals surface area contributed by atoms with Crippen LogP contribution in [0.5, 0.6) is 0 Å². The van der Waals surface area contributed by atoms with Crippen molar-refractivity contribution in [3.8, 4) is 0 Å². The predicted octanol–water partition coefficient (Wildman–Crippen LogP) is 2.32. The number of benzene rings is 1. The van der Waals surface area contributed by atoms with Gasteiger partial charge in [-0.25, -0.2) is 4.39 Å². The molecule has 1 fully saturated rings. The third-order valence-corrected chi connectivity index (χ3v) is 3.51. The Morgan fingerprint density at radius 2 is 1.84 bits per heavy atom. The summed E-state index contributed by atoms with van der Waals surface area (Å²) < 4.78 is 12.7. The van der Waals surface area contributed by atoms with Crippen molar-refractivity contribution >= 4 is 5.91 Å². The second kappa shape index (κ2) is 7.24. The summed E-state index contributed by atoms with van der Waals surface area (Å²) in [6.07, 6.45) is 4.35. The van der Waals surface area contributed by atoms with Crippen LogP contribution in [0.25, 0.3) is 0 Å². The highest BCUT2D eigenvalue weighted by Crippen LogP contribution is 2.08. The Kier molecular flexibility index (Phi) is 5.33. The molecule has 4 heteroatoms. The lowest BCUT2D eigenvalue weighted by atomic mass is 10.1. The Bertz CT molecular complexity index is 399. The molecule has 1 aromatic rings. The van der Waals surface area contributed by atoms with Gasteiger partial charge >= 0.3 is 0 Å². The summed E-state index contributed by atoms with van der Waals surface area (Å²) in [6, 6.07) is 6.21. The summed E-state index contributed by atoms with van der Waals surface area (Å²) in [6.45, 7) is 3.55. The number of likely N-dealkylation sites (tertiary alicyclic amines) is 1. The number of nitrogens with zero attached hydrogens (tertiary/aromatic N) is 1. The second-order valence-electron chi connectivity index (χ2n) is 5.06. The lowest BCUT2D eigenvalue weighted by molar-refractivity contribution is -0.121. The maximum absolute atomic E-state index is 12.7. The Morgan fingerprint density at radius 1 is 1.16 bits per heavy atom. The van der Waals surface area contributed by atoms with Gasteiger partial charge in [0.15, 0.2) is 0 Å². The van der Waals surface area contributed by atoms with Gasteiger partial charge in [0, 0.05) is 19.5 Å². The number of rotatable bonds is 5. The van der Waals surface area contributed by atoms with Crippen molar-refractivity contribution in [2.45, 2.75) is 32.2 Å². The number of carbonyl (C=O) groups excluding carboxylic acids is 1. The Hall–Kier alpha value is -1.42. The second-order valence-corrected chi connectivity index (χ2v) is 5.06. The van der Waals surface area contributed by atoms with Crippen molar-refractivity contribution in [1.82, 2.24) is 10.2 Å². The minimum Gasteiger partial charge on any atom is -0.352 e. The molecule has 1 saturated heterocycles. The van der Waals surface area contributed by atoms with E-state index in [-0.39, 0.29) is 11.7 Å². The monoisotopic (exact) mass is 264 g/mol. The fourth-order valence-electron chi connectivity index (χ4n) is 2.33. The van der Waals surface area contributed by atoms with E-state index in [2.05, 4.69) is 10.2 Å². The molecule has 1 aliphatic heterocycles. The first kappa shape index (κ1) is 14.0. The number of halogens is 1. The average Bonchev–Trinajstić information content (AvgIpc) is 2.45. The van der Waals surface area contributed by atoms with Gasteiger partial charge in [-0.2, -0.15) is 0 Å². The van der Waals surface area contributed by atoms with Crippen LogP contribution in [-0.4, -0.2) is 30.4 Å². The van der Waals surface area contributed by atoms with Crippen LogP contribution in [0.3, 0.4) is 0 Å². The largest absolute Gasteiger partial charge is 0.352 e. The van der Waals surface area contributed by atoms with Crippen LogP contribution in [0.2, 0.25) is 0 Å². The van der Waals surface area contributed by atoms with E-state index in [0.29, 0.717) is 13.0 Å². The zero-order valence-electron chi connectivity index (χ0n) is 11.2. The molecule has 1 N–H and O–H groups in total. The normalized spacial score (nSPS) is 16.3. The van der Waals surface area contributed by atoms with E-state index >= 15 is 0 Å². The average molecular weight is 264 g/mol. The summed E-state index contributed by atoms with van der Waals surface area (Å²) in [5.74, 6) is -0.185. The topological polar surface area (TPSA) is 32.3 Å². The van der Waals surface area contributed by atoms with Gasteiger partial charge in [-0.05, 0) is 43.6 Å². The molecular weight excluding hydrogens is 243 g/mol.